The van der Waals surface area contributed by atoms with E-state index in [2.05, 4.69) is 0 Å². The van der Waals surface area contributed by atoms with Crippen LogP contribution >= 0.6 is 11.6 Å². The first-order chi connectivity index (χ1) is 8.88. The van der Waals surface area contributed by atoms with Gasteiger partial charge in [-0.05, 0) is 24.1 Å². The molecule has 19 heavy (non-hydrogen) atoms. The lowest BCUT2D eigenvalue weighted by Crippen LogP contribution is -2.38. The number of hydrogen-bond donors (Lipinski definition) is 1. The van der Waals surface area contributed by atoms with E-state index in [0.717, 1.165) is 6.07 Å². The largest absolute Gasteiger partial charge is 0.479 e. The summed E-state index contributed by atoms with van der Waals surface area (Å²) in [5, 5.41) is 9.14. The minimum Gasteiger partial charge on any atom is -0.479 e. The lowest BCUT2D eigenvalue weighted by molar-refractivity contribution is -0.149. The summed E-state index contributed by atoms with van der Waals surface area (Å²) in [6.07, 6.45) is 0.623. The van der Waals surface area contributed by atoms with E-state index < -0.39 is 17.8 Å². The summed E-state index contributed by atoms with van der Waals surface area (Å²) >= 11 is 5.65. The van der Waals surface area contributed by atoms with Crippen LogP contribution in [0.15, 0.2) is 18.2 Å². The SMILES string of the molecule is CCCN(C(C)=O)C(C(=O)O)c1ccc(F)c(Cl)c1. The summed E-state index contributed by atoms with van der Waals surface area (Å²) in [6, 6.07) is 2.50. The third-order valence-corrected chi connectivity index (χ3v) is 2.96. The maximum atomic E-state index is 13.1. The van der Waals surface area contributed by atoms with Crippen LogP contribution in [0.2, 0.25) is 5.02 Å². The van der Waals surface area contributed by atoms with E-state index in [1.165, 1.54) is 24.0 Å². The molecular weight excluding hydrogens is 273 g/mol. The Bertz CT molecular complexity index is 493. The van der Waals surface area contributed by atoms with Gasteiger partial charge < -0.3 is 10.0 Å². The van der Waals surface area contributed by atoms with Crippen molar-refractivity contribution in [1.29, 1.82) is 0 Å². The van der Waals surface area contributed by atoms with Crippen molar-refractivity contribution >= 4 is 23.5 Å². The number of halogens is 2. The van der Waals surface area contributed by atoms with Crippen LogP contribution in [-0.2, 0) is 9.59 Å². The van der Waals surface area contributed by atoms with Gasteiger partial charge in [-0.3, -0.25) is 4.79 Å². The molecule has 0 saturated carbocycles. The molecule has 0 spiro atoms. The number of nitrogens with zero attached hydrogens (tertiary/aromatic N) is 1. The summed E-state index contributed by atoms with van der Waals surface area (Å²) in [7, 11) is 0. The molecule has 0 aliphatic rings. The molecule has 1 atom stereocenters. The highest BCUT2D eigenvalue weighted by atomic mass is 35.5. The molecule has 104 valence electrons. The van der Waals surface area contributed by atoms with Gasteiger partial charge in [0, 0.05) is 13.5 Å². The molecule has 0 bridgehead atoms. The van der Waals surface area contributed by atoms with E-state index in [4.69, 9.17) is 11.6 Å². The fraction of sp³-hybridized carbons (Fsp3) is 0.385. The van der Waals surface area contributed by atoms with E-state index in [9.17, 15) is 19.1 Å². The van der Waals surface area contributed by atoms with Crippen molar-refractivity contribution in [2.45, 2.75) is 26.3 Å². The van der Waals surface area contributed by atoms with Crippen molar-refractivity contribution in [3.05, 3.63) is 34.6 Å². The molecule has 0 radical (unpaired) electrons. The standard InChI is InChI=1S/C13H15ClFNO3/c1-3-6-16(8(2)17)12(13(18)19)9-4-5-11(15)10(14)7-9/h4-5,7,12H,3,6H2,1-2H3,(H,18,19). The van der Waals surface area contributed by atoms with Crippen molar-refractivity contribution in [3.8, 4) is 0 Å². The summed E-state index contributed by atoms with van der Waals surface area (Å²) < 4.78 is 13.1. The number of aliphatic carboxylic acids is 1. The maximum absolute atomic E-state index is 13.1. The number of rotatable bonds is 5. The van der Waals surface area contributed by atoms with Gasteiger partial charge in [-0.2, -0.15) is 0 Å². The molecule has 1 N–H and O–H groups in total. The van der Waals surface area contributed by atoms with Crippen LogP contribution in [0, 0.1) is 5.82 Å². The number of benzene rings is 1. The second-order valence-corrected chi connectivity index (χ2v) is 4.53. The van der Waals surface area contributed by atoms with Crippen molar-refractivity contribution in [2.24, 2.45) is 0 Å². The normalized spacial score (nSPS) is 12.0. The molecule has 0 saturated heterocycles. The first-order valence-electron chi connectivity index (χ1n) is 5.83. The Labute approximate surface area is 115 Å². The number of carbonyl (C=O) groups excluding carboxylic acids is 1. The van der Waals surface area contributed by atoms with Gasteiger partial charge >= 0.3 is 5.97 Å². The van der Waals surface area contributed by atoms with E-state index in [1.54, 1.807) is 0 Å². The summed E-state index contributed by atoms with van der Waals surface area (Å²) in [4.78, 5) is 24.2. The Morgan fingerprint density at radius 1 is 1.47 bits per heavy atom. The topological polar surface area (TPSA) is 57.6 Å². The number of hydrogen-bond acceptors (Lipinski definition) is 2. The monoisotopic (exact) mass is 287 g/mol. The van der Waals surface area contributed by atoms with Gasteiger partial charge in [0.25, 0.3) is 0 Å². The maximum Gasteiger partial charge on any atom is 0.331 e. The third-order valence-electron chi connectivity index (χ3n) is 2.67. The van der Waals surface area contributed by atoms with E-state index in [-0.39, 0.29) is 16.5 Å². The predicted molar refractivity (Wildman–Crippen MR) is 69.5 cm³/mol. The van der Waals surface area contributed by atoms with Crippen molar-refractivity contribution in [2.75, 3.05) is 6.54 Å². The van der Waals surface area contributed by atoms with E-state index >= 15 is 0 Å². The average molecular weight is 288 g/mol. The smallest absolute Gasteiger partial charge is 0.331 e. The van der Waals surface area contributed by atoms with Crippen LogP contribution < -0.4 is 0 Å². The van der Waals surface area contributed by atoms with Crippen LogP contribution in [0.1, 0.15) is 31.9 Å². The molecule has 0 aromatic heterocycles. The highest BCUT2D eigenvalue weighted by Gasteiger charge is 2.29. The summed E-state index contributed by atoms with van der Waals surface area (Å²) in [6.45, 7) is 3.45. The Kier molecular flexibility index (Phi) is 5.30. The molecule has 4 nitrogen and oxygen atoms in total. The second kappa shape index (κ2) is 6.52. The lowest BCUT2D eigenvalue weighted by Gasteiger charge is -2.28. The summed E-state index contributed by atoms with van der Waals surface area (Å²) in [5.41, 5.74) is 0.280. The minimum absolute atomic E-state index is 0.163. The first-order valence-corrected chi connectivity index (χ1v) is 6.21. The Hall–Kier alpha value is -1.62. The molecule has 1 unspecified atom stereocenters. The van der Waals surface area contributed by atoms with Crippen LogP contribution in [-0.4, -0.2) is 28.4 Å². The molecule has 1 aromatic rings. The molecule has 0 fully saturated rings. The highest BCUT2D eigenvalue weighted by molar-refractivity contribution is 6.30. The van der Waals surface area contributed by atoms with Crippen molar-refractivity contribution in [1.82, 2.24) is 4.90 Å². The van der Waals surface area contributed by atoms with Crippen molar-refractivity contribution < 1.29 is 19.1 Å². The number of carbonyl (C=O) groups is 2. The minimum atomic E-state index is -1.17. The van der Waals surface area contributed by atoms with Crippen LogP contribution in [0.25, 0.3) is 0 Å². The number of amides is 1. The molecular formula is C13H15ClFNO3. The molecule has 0 aliphatic heterocycles. The van der Waals surface area contributed by atoms with E-state index in [0.29, 0.717) is 13.0 Å². The van der Waals surface area contributed by atoms with Crippen LogP contribution in [0.4, 0.5) is 4.39 Å². The van der Waals surface area contributed by atoms with Gasteiger partial charge in [0.15, 0.2) is 6.04 Å². The Morgan fingerprint density at radius 2 is 2.11 bits per heavy atom. The van der Waals surface area contributed by atoms with Crippen LogP contribution in [0.3, 0.4) is 0 Å². The van der Waals surface area contributed by atoms with Crippen molar-refractivity contribution in [3.63, 3.8) is 0 Å². The summed E-state index contributed by atoms with van der Waals surface area (Å²) in [5.74, 6) is -2.15. The van der Waals surface area contributed by atoms with Gasteiger partial charge in [-0.1, -0.05) is 24.6 Å². The lowest BCUT2D eigenvalue weighted by atomic mass is 10.0. The first kappa shape index (κ1) is 15.4. The molecule has 1 amide bonds. The molecule has 6 heteroatoms. The number of carboxylic acid groups (broad SMARTS) is 1. The van der Waals surface area contributed by atoms with Gasteiger partial charge in [0.1, 0.15) is 5.82 Å². The van der Waals surface area contributed by atoms with Gasteiger partial charge in [0.2, 0.25) is 5.91 Å². The van der Waals surface area contributed by atoms with E-state index in [1.807, 2.05) is 6.92 Å². The quantitative estimate of drug-likeness (QED) is 0.906. The third kappa shape index (κ3) is 3.67. The zero-order valence-corrected chi connectivity index (χ0v) is 11.4. The fourth-order valence-corrected chi connectivity index (χ4v) is 2.04. The van der Waals surface area contributed by atoms with Crippen LogP contribution in [0.5, 0.6) is 0 Å². The Morgan fingerprint density at radius 3 is 2.53 bits per heavy atom. The van der Waals surface area contributed by atoms with Gasteiger partial charge in [0.05, 0.1) is 5.02 Å². The molecule has 0 heterocycles. The Balaban J connectivity index is 3.21. The van der Waals surface area contributed by atoms with Gasteiger partial charge in [-0.25, -0.2) is 9.18 Å². The van der Waals surface area contributed by atoms with Gasteiger partial charge in [-0.15, -0.1) is 0 Å². The fourth-order valence-electron chi connectivity index (χ4n) is 1.85. The molecule has 1 rings (SSSR count). The zero-order valence-electron chi connectivity index (χ0n) is 10.7. The average Bonchev–Trinajstić information content (AvgIpc) is 2.32. The predicted octanol–water partition coefficient (Wildman–Crippen LogP) is 2.86. The second-order valence-electron chi connectivity index (χ2n) is 4.13. The molecule has 1 aromatic carbocycles. The molecule has 0 aliphatic carbocycles. The zero-order chi connectivity index (χ0) is 14.6. The highest BCUT2D eigenvalue weighted by Crippen LogP contribution is 2.26. The number of carboxylic acids is 1.